The molecule has 5 fully saturated rings. The Morgan fingerprint density at radius 1 is 1.05 bits per heavy atom. The van der Waals surface area contributed by atoms with Gasteiger partial charge in [-0.15, -0.1) is 17.9 Å². The number of hydrogen-bond donors (Lipinski definition) is 2. The summed E-state index contributed by atoms with van der Waals surface area (Å²) in [5.41, 5.74) is -0.385. The van der Waals surface area contributed by atoms with Crippen LogP contribution in [0.25, 0.3) is 22.3 Å². The van der Waals surface area contributed by atoms with Gasteiger partial charge in [0.25, 0.3) is 0 Å². The first-order valence-corrected chi connectivity index (χ1v) is 24.0. The quantitative estimate of drug-likeness (QED) is 0.0880. The van der Waals surface area contributed by atoms with Crippen molar-refractivity contribution in [3.63, 3.8) is 0 Å². The number of carboxylic acid groups (broad SMARTS) is 1. The highest BCUT2D eigenvalue weighted by Gasteiger charge is 2.61. The number of carboxylic acids is 1. The van der Waals surface area contributed by atoms with E-state index in [1.165, 1.54) is 22.7 Å². The van der Waals surface area contributed by atoms with Crippen molar-refractivity contribution in [3.8, 4) is 22.9 Å². The average Bonchev–Trinajstić information content (AvgIpc) is 3.72. The zero-order chi connectivity index (χ0) is 45.7. The number of ketones is 1. The molecule has 3 aromatic rings. The molecule has 2 aliphatic heterocycles. The Hall–Kier alpha value is -4.31. The number of ether oxygens (including phenoxy) is 4. The van der Waals surface area contributed by atoms with Gasteiger partial charge in [0.05, 0.1) is 47.7 Å². The molecule has 5 aliphatic rings. The summed E-state index contributed by atoms with van der Waals surface area (Å²) in [6.07, 6.45) is 4.88. The number of nitrogens with one attached hydrogen (secondary N) is 1. The molecule has 3 aliphatic carbocycles. The number of nitrogens with zero attached hydrogens (tertiary/aromatic N) is 4. The number of methoxy groups -OCH3 is 1. The molecule has 64 heavy (non-hydrogen) atoms. The zero-order valence-corrected chi connectivity index (χ0v) is 39.3. The van der Waals surface area contributed by atoms with Crippen LogP contribution in [-0.2, 0) is 28.7 Å². The number of esters is 1. The summed E-state index contributed by atoms with van der Waals surface area (Å²) in [5.74, 6) is -1.23. The summed E-state index contributed by atoms with van der Waals surface area (Å²) >= 11 is 8.59. The highest BCUT2D eigenvalue weighted by Crippen LogP contribution is 2.57. The van der Waals surface area contributed by atoms with Gasteiger partial charge in [-0.1, -0.05) is 38.4 Å². The van der Waals surface area contributed by atoms with Crippen LogP contribution in [-0.4, -0.2) is 119 Å². The molecule has 16 heteroatoms. The summed E-state index contributed by atoms with van der Waals surface area (Å²) in [5, 5.41) is 17.2. The third-order valence-electron chi connectivity index (χ3n) is 14.0. The molecule has 0 spiro atoms. The predicted molar refractivity (Wildman–Crippen MR) is 245 cm³/mol. The molecule has 2 saturated heterocycles. The summed E-state index contributed by atoms with van der Waals surface area (Å²) in [6.45, 7) is 16.5. The van der Waals surface area contributed by atoms with E-state index in [9.17, 15) is 24.3 Å². The number of pyridine rings is 1. The number of fused-ring (bicyclic) bond motifs is 2. The number of amides is 1. The average molecular weight is 921 g/mol. The Morgan fingerprint density at radius 3 is 2.47 bits per heavy atom. The number of anilines is 1. The SMILES string of the molecule is C=C[C@@H]1CC1(CC(=O)[C@@H]1C[C@@H](Oc2cc(-c3csc(NC(C)C)n3)nc3c(Cl)c(OCCN4CC[C@@H](OC)C4)ccc23)CN1C(=O)[C@@H](CC(=O)OC1C[C@@H]2C[C@@H]2C1)C(C)(C)C)C(=O)O. The number of carbonyl (C=O) groups is 4. The molecule has 3 saturated carbocycles. The van der Waals surface area contributed by atoms with Gasteiger partial charge in [0.1, 0.15) is 41.0 Å². The molecule has 0 radical (unpaired) electrons. The van der Waals surface area contributed by atoms with Crippen LogP contribution in [0.15, 0.2) is 36.2 Å². The van der Waals surface area contributed by atoms with E-state index in [1.807, 2.05) is 46.1 Å². The fourth-order valence-corrected chi connectivity index (χ4v) is 11.2. The van der Waals surface area contributed by atoms with Crippen molar-refractivity contribution in [1.29, 1.82) is 0 Å². The lowest BCUT2D eigenvalue weighted by molar-refractivity contribution is -0.157. The zero-order valence-electron chi connectivity index (χ0n) is 37.8. The Bertz CT molecular complexity index is 2270. The largest absolute Gasteiger partial charge is 0.491 e. The third kappa shape index (κ3) is 9.92. The van der Waals surface area contributed by atoms with E-state index < -0.39 is 40.8 Å². The van der Waals surface area contributed by atoms with E-state index in [0.29, 0.717) is 70.2 Å². The molecular formula is C48H62ClN5O9S. The molecule has 14 nitrogen and oxygen atoms in total. The minimum atomic E-state index is -1.27. The fourth-order valence-electron chi connectivity index (χ4n) is 10.1. The predicted octanol–water partition coefficient (Wildman–Crippen LogP) is 7.91. The Morgan fingerprint density at radius 2 is 1.81 bits per heavy atom. The first-order valence-electron chi connectivity index (χ1n) is 22.7. The monoisotopic (exact) mass is 919 g/mol. The topological polar surface area (TPSA) is 170 Å². The number of allylic oxidation sites excluding steroid dienone is 1. The van der Waals surface area contributed by atoms with E-state index in [1.54, 1.807) is 25.3 Å². The number of rotatable bonds is 19. The summed E-state index contributed by atoms with van der Waals surface area (Å²) in [7, 11) is 1.73. The molecule has 2 N–H and O–H groups in total. The Kier molecular flexibility index (Phi) is 13.4. The number of benzene rings is 1. The minimum Gasteiger partial charge on any atom is -0.491 e. The summed E-state index contributed by atoms with van der Waals surface area (Å²) < 4.78 is 24.5. The van der Waals surface area contributed by atoms with Crippen molar-refractivity contribution in [2.45, 2.75) is 116 Å². The molecule has 346 valence electrons. The van der Waals surface area contributed by atoms with Crippen LogP contribution in [0.5, 0.6) is 11.5 Å². The van der Waals surface area contributed by atoms with Gasteiger partial charge < -0.3 is 34.3 Å². The van der Waals surface area contributed by atoms with Gasteiger partial charge >= 0.3 is 11.9 Å². The third-order valence-corrected chi connectivity index (χ3v) is 15.1. The van der Waals surface area contributed by atoms with Crippen molar-refractivity contribution in [2.24, 2.45) is 34.5 Å². The number of halogens is 1. The van der Waals surface area contributed by atoms with E-state index >= 15 is 0 Å². The molecule has 2 aromatic heterocycles. The lowest BCUT2D eigenvalue weighted by atomic mass is 9.77. The van der Waals surface area contributed by atoms with Crippen molar-refractivity contribution in [3.05, 3.63) is 41.3 Å². The number of likely N-dealkylation sites (tertiary alicyclic amines) is 2. The molecule has 1 aromatic carbocycles. The van der Waals surface area contributed by atoms with Crippen LogP contribution in [0.3, 0.4) is 0 Å². The number of aliphatic carboxylic acids is 1. The number of aromatic nitrogens is 2. The van der Waals surface area contributed by atoms with Crippen molar-refractivity contribution >= 4 is 62.6 Å². The van der Waals surface area contributed by atoms with Crippen molar-refractivity contribution < 1.29 is 43.2 Å². The molecule has 9 atom stereocenters. The smallest absolute Gasteiger partial charge is 0.310 e. The second kappa shape index (κ2) is 18.5. The summed E-state index contributed by atoms with van der Waals surface area (Å²) in [6, 6.07) is 4.62. The standard InChI is InChI=1S/C48H62ClN5O9S/c1-8-29-21-48(29,45(58)59)22-38(55)37-18-32(24-54(37)44(57)34(47(4,5)6)19-41(56)63-31-16-27-15-28(27)17-31)62-40-20-35(36-25-64-46(52-36)50-26(2)3)51-43-33(40)9-10-39(42(43)49)61-14-13-53-12-11-30(23-53)60-7/h8-10,20,25-32,34,37H,1,11-19,21-24H2,2-7H3,(H,50,52)(H,58,59)/t27-,28+,29-,30-,31?,32-,34-,37+,48?/m1/s1. The molecule has 1 amide bonds. The molecular weight excluding hydrogens is 858 g/mol. The molecule has 0 bridgehead atoms. The first kappa shape index (κ1) is 46.2. The van der Waals surface area contributed by atoms with Gasteiger partial charge in [-0.05, 0) is 81.3 Å². The number of thiazole rings is 1. The second-order valence-electron chi connectivity index (χ2n) is 20.0. The van der Waals surface area contributed by atoms with Gasteiger partial charge in [-0.2, -0.15) is 0 Å². The maximum atomic E-state index is 14.9. The van der Waals surface area contributed by atoms with Gasteiger partial charge in [0.2, 0.25) is 5.91 Å². The van der Waals surface area contributed by atoms with Gasteiger partial charge in [0.15, 0.2) is 10.9 Å². The number of Topliss-reactive ketones (excluding diaryl/α,β-unsaturated/α-hetero) is 1. The normalized spacial score (nSPS) is 27.9. The van der Waals surface area contributed by atoms with Crippen LogP contribution in [0.4, 0.5) is 5.13 Å². The van der Waals surface area contributed by atoms with Crippen LogP contribution >= 0.6 is 22.9 Å². The Labute approximate surface area is 384 Å². The molecule has 2 unspecified atom stereocenters. The van der Waals surface area contributed by atoms with Gasteiger partial charge in [0, 0.05) is 62.5 Å². The minimum absolute atomic E-state index is 0.0292. The van der Waals surface area contributed by atoms with Crippen molar-refractivity contribution in [1.82, 2.24) is 19.8 Å². The maximum Gasteiger partial charge on any atom is 0.310 e. The fraction of sp³-hybridized carbons (Fsp3) is 0.625. The van der Waals surface area contributed by atoms with Crippen LogP contribution in [0, 0.1) is 34.5 Å². The Balaban J connectivity index is 1.09. The van der Waals surface area contributed by atoms with E-state index in [2.05, 4.69) is 16.8 Å². The first-order chi connectivity index (χ1) is 30.5. The molecule has 4 heterocycles. The number of hydrogen-bond acceptors (Lipinski definition) is 13. The lowest BCUT2D eigenvalue weighted by Crippen LogP contribution is -2.48. The van der Waals surface area contributed by atoms with Gasteiger partial charge in [-0.3, -0.25) is 24.1 Å². The maximum absolute atomic E-state index is 14.9. The summed E-state index contributed by atoms with van der Waals surface area (Å²) in [4.78, 5) is 69.0. The highest BCUT2D eigenvalue weighted by molar-refractivity contribution is 7.14. The highest BCUT2D eigenvalue weighted by atomic mass is 35.5. The molecule has 8 rings (SSSR count). The second-order valence-corrected chi connectivity index (χ2v) is 21.2. The van der Waals surface area contributed by atoms with Crippen LogP contribution < -0.4 is 14.8 Å². The van der Waals surface area contributed by atoms with E-state index in [-0.39, 0.29) is 61.7 Å². The van der Waals surface area contributed by atoms with Crippen LogP contribution in [0.2, 0.25) is 5.02 Å². The van der Waals surface area contributed by atoms with E-state index in [0.717, 1.165) is 37.5 Å². The van der Waals surface area contributed by atoms with E-state index in [4.69, 9.17) is 40.5 Å². The van der Waals surface area contributed by atoms with Crippen molar-refractivity contribution in [2.75, 3.05) is 45.2 Å². The number of carbonyl (C=O) groups excluding carboxylic acids is 3. The van der Waals surface area contributed by atoms with Gasteiger partial charge in [-0.25, -0.2) is 9.97 Å². The van der Waals surface area contributed by atoms with Crippen LogP contribution in [0.1, 0.15) is 86.0 Å². The lowest BCUT2D eigenvalue weighted by Gasteiger charge is -2.35.